The average molecular weight is 266 g/mol. The molecule has 0 aromatic carbocycles. The van der Waals surface area contributed by atoms with Crippen LogP contribution in [-0.2, 0) is 4.74 Å². The first kappa shape index (κ1) is 8.30. The van der Waals surface area contributed by atoms with Crippen LogP contribution in [0.3, 0.4) is 0 Å². The lowest BCUT2D eigenvalue weighted by molar-refractivity contribution is -0.0556. The Bertz CT molecular complexity index is 138. The van der Waals surface area contributed by atoms with Crippen molar-refractivity contribution < 1.29 is 4.74 Å². The lowest BCUT2D eigenvalue weighted by atomic mass is 9.82. The van der Waals surface area contributed by atoms with Crippen LogP contribution in [0.4, 0.5) is 0 Å². The van der Waals surface area contributed by atoms with E-state index in [-0.39, 0.29) is 0 Å². The first-order chi connectivity index (χ1) is 5.36. The lowest BCUT2D eigenvalue weighted by Gasteiger charge is -2.37. The summed E-state index contributed by atoms with van der Waals surface area (Å²) in [5.41, 5.74) is 0. The van der Waals surface area contributed by atoms with Crippen LogP contribution in [0.2, 0.25) is 0 Å². The van der Waals surface area contributed by atoms with Gasteiger partial charge in [0.2, 0.25) is 0 Å². The van der Waals surface area contributed by atoms with Gasteiger partial charge in [0.1, 0.15) is 4.11 Å². The summed E-state index contributed by atoms with van der Waals surface area (Å²) < 4.78 is 6.38. The minimum absolute atomic E-state index is 0.506. The molecule has 3 atom stereocenters. The Morgan fingerprint density at radius 3 is 2.73 bits per heavy atom. The molecule has 11 heavy (non-hydrogen) atoms. The maximum Gasteiger partial charge on any atom is 0.109 e. The SMILES string of the molecule is IC1CCC2CCCCC2O1. The Morgan fingerprint density at radius 2 is 1.82 bits per heavy atom. The first-order valence-electron chi connectivity index (χ1n) is 4.66. The van der Waals surface area contributed by atoms with E-state index >= 15 is 0 Å². The van der Waals surface area contributed by atoms with Crippen LogP contribution < -0.4 is 0 Å². The van der Waals surface area contributed by atoms with Crippen molar-refractivity contribution in [3.8, 4) is 0 Å². The van der Waals surface area contributed by atoms with E-state index in [2.05, 4.69) is 22.6 Å². The second-order valence-electron chi connectivity index (χ2n) is 3.71. The monoisotopic (exact) mass is 266 g/mol. The molecule has 2 rings (SSSR count). The Kier molecular flexibility index (Phi) is 2.72. The van der Waals surface area contributed by atoms with Gasteiger partial charge in [-0.25, -0.2) is 0 Å². The van der Waals surface area contributed by atoms with Gasteiger partial charge in [-0.15, -0.1) is 0 Å². The molecule has 2 fully saturated rings. The number of hydrogen-bond donors (Lipinski definition) is 0. The molecule has 0 aromatic rings. The van der Waals surface area contributed by atoms with Crippen molar-refractivity contribution >= 4 is 22.6 Å². The van der Waals surface area contributed by atoms with E-state index in [9.17, 15) is 0 Å². The van der Waals surface area contributed by atoms with E-state index in [1.807, 2.05) is 0 Å². The molecule has 64 valence electrons. The summed E-state index contributed by atoms with van der Waals surface area (Å²) in [7, 11) is 0. The van der Waals surface area contributed by atoms with Crippen molar-refractivity contribution in [2.24, 2.45) is 5.92 Å². The molecule has 1 nitrogen and oxygen atoms in total. The summed E-state index contributed by atoms with van der Waals surface area (Å²) in [5.74, 6) is 0.912. The molecule has 0 radical (unpaired) electrons. The normalized spacial score (nSPS) is 45.0. The van der Waals surface area contributed by atoms with Crippen molar-refractivity contribution in [3.05, 3.63) is 0 Å². The predicted molar refractivity (Wildman–Crippen MR) is 53.9 cm³/mol. The van der Waals surface area contributed by atoms with Crippen LogP contribution in [0.25, 0.3) is 0 Å². The summed E-state index contributed by atoms with van der Waals surface area (Å²) in [4.78, 5) is 0. The number of alkyl halides is 1. The molecule has 0 bridgehead atoms. The number of ether oxygens (including phenoxy) is 1. The van der Waals surface area contributed by atoms with Gasteiger partial charge in [-0.05, 0) is 31.6 Å². The minimum Gasteiger partial charge on any atom is -0.364 e. The molecule has 1 aliphatic carbocycles. The predicted octanol–water partition coefficient (Wildman–Crippen LogP) is 3.12. The summed E-state index contributed by atoms with van der Waals surface area (Å²) in [6.45, 7) is 0. The molecule has 0 aromatic heterocycles. The van der Waals surface area contributed by atoms with Gasteiger partial charge in [-0.2, -0.15) is 0 Å². The van der Waals surface area contributed by atoms with Gasteiger partial charge < -0.3 is 4.74 Å². The summed E-state index contributed by atoms with van der Waals surface area (Å²) in [6.07, 6.45) is 8.90. The molecule has 0 spiro atoms. The highest BCUT2D eigenvalue weighted by molar-refractivity contribution is 14.1. The number of fused-ring (bicyclic) bond motifs is 1. The van der Waals surface area contributed by atoms with Gasteiger partial charge in [0.05, 0.1) is 6.10 Å². The third kappa shape index (κ3) is 1.89. The third-order valence-corrected chi connectivity index (χ3v) is 3.84. The highest BCUT2D eigenvalue weighted by Crippen LogP contribution is 2.37. The van der Waals surface area contributed by atoms with E-state index in [0.717, 1.165) is 5.92 Å². The molecule has 1 saturated heterocycles. The Balaban J connectivity index is 1.93. The van der Waals surface area contributed by atoms with Crippen LogP contribution >= 0.6 is 22.6 Å². The Morgan fingerprint density at radius 1 is 1.00 bits per heavy atom. The van der Waals surface area contributed by atoms with Crippen LogP contribution in [0.15, 0.2) is 0 Å². The minimum atomic E-state index is 0.506. The van der Waals surface area contributed by atoms with E-state index < -0.39 is 0 Å². The second-order valence-corrected chi connectivity index (χ2v) is 5.10. The number of halogens is 1. The van der Waals surface area contributed by atoms with Gasteiger partial charge in [0.25, 0.3) is 0 Å². The highest BCUT2D eigenvalue weighted by Gasteiger charge is 2.31. The molecule has 0 N–H and O–H groups in total. The van der Waals surface area contributed by atoms with Crippen molar-refractivity contribution in [2.45, 2.75) is 48.7 Å². The molecule has 1 aliphatic heterocycles. The quantitative estimate of drug-likeness (QED) is 0.483. The Hall–Kier alpha value is 0.690. The average Bonchev–Trinajstić information content (AvgIpc) is 2.04. The molecular weight excluding hydrogens is 251 g/mol. The highest BCUT2D eigenvalue weighted by atomic mass is 127. The maximum atomic E-state index is 5.88. The van der Waals surface area contributed by atoms with Gasteiger partial charge in [-0.3, -0.25) is 0 Å². The second kappa shape index (κ2) is 3.60. The van der Waals surface area contributed by atoms with Crippen LogP contribution in [0.5, 0.6) is 0 Å². The largest absolute Gasteiger partial charge is 0.364 e. The number of rotatable bonds is 0. The zero-order valence-corrected chi connectivity index (χ0v) is 8.92. The fraction of sp³-hybridized carbons (Fsp3) is 1.00. The standard InChI is InChI=1S/C9H15IO/c10-9-6-5-7-3-1-2-4-8(7)11-9/h7-9H,1-6H2. The third-order valence-electron chi connectivity index (χ3n) is 2.93. The molecule has 3 unspecified atom stereocenters. The summed E-state index contributed by atoms with van der Waals surface area (Å²) in [6, 6.07) is 0. The topological polar surface area (TPSA) is 9.23 Å². The van der Waals surface area contributed by atoms with Gasteiger partial charge in [-0.1, -0.05) is 35.4 Å². The molecular formula is C9H15IO. The van der Waals surface area contributed by atoms with Crippen molar-refractivity contribution in [2.75, 3.05) is 0 Å². The van der Waals surface area contributed by atoms with Crippen LogP contribution in [0, 0.1) is 5.92 Å². The zero-order valence-electron chi connectivity index (χ0n) is 6.76. The molecule has 2 heteroatoms. The van der Waals surface area contributed by atoms with Crippen LogP contribution in [-0.4, -0.2) is 10.2 Å². The zero-order chi connectivity index (χ0) is 7.68. The van der Waals surface area contributed by atoms with Crippen LogP contribution in [0.1, 0.15) is 38.5 Å². The maximum absolute atomic E-state index is 5.88. The molecule has 0 amide bonds. The van der Waals surface area contributed by atoms with Crippen molar-refractivity contribution in [1.82, 2.24) is 0 Å². The fourth-order valence-electron chi connectivity index (χ4n) is 2.29. The lowest BCUT2D eigenvalue weighted by Crippen LogP contribution is -2.34. The van der Waals surface area contributed by atoms with E-state index in [1.54, 1.807) is 0 Å². The number of hydrogen-bond acceptors (Lipinski definition) is 1. The summed E-state index contributed by atoms with van der Waals surface area (Å²) in [5, 5.41) is 0. The van der Waals surface area contributed by atoms with Crippen molar-refractivity contribution in [1.29, 1.82) is 0 Å². The summed E-state index contributed by atoms with van der Waals surface area (Å²) >= 11 is 2.42. The molecule has 2 aliphatic rings. The molecule has 1 heterocycles. The smallest absolute Gasteiger partial charge is 0.109 e. The van der Waals surface area contributed by atoms with E-state index in [1.165, 1.54) is 38.5 Å². The van der Waals surface area contributed by atoms with Gasteiger partial charge >= 0.3 is 0 Å². The molecule has 1 saturated carbocycles. The Labute approximate surface area is 82.0 Å². The van der Waals surface area contributed by atoms with E-state index in [4.69, 9.17) is 4.74 Å². The fourth-order valence-corrected chi connectivity index (χ4v) is 3.02. The first-order valence-corrected chi connectivity index (χ1v) is 5.90. The van der Waals surface area contributed by atoms with E-state index in [0.29, 0.717) is 10.2 Å². The van der Waals surface area contributed by atoms with Crippen molar-refractivity contribution in [3.63, 3.8) is 0 Å². The van der Waals surface area contributed by atoms with Gasteiger partial charge in [0, 0.05) is 0 Å². The van der Waals surface area contributed by atoms with Gasteiger partial charge in [0.15, 0.2) is 0 Å².